The Morgan fingerprint density at radius 2 is 1.56 bits per heavy atom. The molecule has 7 heteroatoms. The van der Waals surface area contributed by atoms with Crippen LogP contribution in [0.3, 0.4) is 0 Å². The lowest BCUT2D eigenvalue weighted by Gasteiger charge is -2.27. The van der Waals surface area contributed by atoms with Gasteiger partial charge in [0.15, 0.2) is 0 Å². The second kappa shape index (κ2) is 11.4. The minimum absolute atomic E-state index is 0.331. The number of halogens is 1. The molecule has 0 N–H and O–H groups in total. The number of carbonyl (C=O) groups excluding carboxylic acids is 2. The summed E-state index contributed by atoms with van der Waals surface area (Å²) in [5.41, 5.74) is 4.27. The molecular weight excluding hydrogens is 495 g/mol. The lowest BCUT2D eigenvalue weighted by Crippen LogP contribution is -2.40. The quantitative estimate of drug-likeness (QED) is 0.266. The van der Waals surface area contributed by atoms with Crippen LogP contribution in [-0.2, 0) is 22.7 Å². The van der Waals surface area contributed by atoms with E-state index in [0.29, 0.717) is 30.2 Å². The van der Waals surface area contributed by atoms with Gasteiger partial charge in [-0.15, -0.1) is 0 Å². The van der Waals surface area contributed by atoms with Crippen LogP contribution in [0.2, 0.25) is 0 Å². The number of hydrogen-bond donors (Lipinski definition) is 0. The Labute approximate surface area is 227 Å². The van der Waals surface area contributed by atoms with Crippen molar-refractivity contribution in [1.82, 2.24) is 4.90 Å². The first-order chi connectivity index (χ1) is 18.9. The van der Waals surface area contributed by atoms with E-state index in [-0.39, 0.29) is 5.91 Å². The van der Waals surface area contributed by atoms with Gasteiger partial charge >= 0.3 is 6.09 Å². The van der Waals surface area contributed by atoms with Crippen LogP contribution in [-0.4, -0.2) is 30.1 Å². The molecule has 6 nitrogen and oxygen atoms in total. The molecule has 2 amide bonds. The smallest absolute Gasteiger partial charge is 0.415 e. The normalized spacial score (nSPS) is 16.6. The van der Waals surface area contributed by atoms with E-state index in [1.807, 2.05) is 85.8 Å². The molecule has 0 saturated carbocycles. The minimum atomic E-state index is -1.09. The minimum Gasteiger partial charge on any atom is -0.489 e. The predicted octanol–water partition coefficient (Wildman–Crippen LogP) is 6.44. The standard InChI is InChI=1S/C32H29FN2O4/c1-22-8-10-23(11-9-22)20-34(2)31(36)30-29(35(32(37)39-30)27-16-14-26(33)15-17-27)25-12-18-28(19-13-25)38-21-24-6-4-3-5-7-24/h3-19,29-30H,20-21H2,1-2H3/t29-,30+/m1/s1. The molecule has 0 spiro atoms. The van der Waals surface area contributed by atoms with Crippen LogP contribution in [0.15, 0.2) is 103 Å². The van der Waals surface area contributed by atoms with Gasteiger partial charge in [-0.3, -0.25) is 9.69 Å². The molecule has 1 aliphatic rings. The van der Waals surface area contributed by atoms with Crippen LogP contribution in [0, 0.1) is 12.7 Å². The number of nitrogens with zero attached hydrogens (tertiary/aromatic N) is 2. The number of likely N-dealkylation sites (N-methyl/N-ethyl adjacent to an activating group) is 1. The Morgan fingerprint density at radius 3 is 2.23 bits per heavy atom. The molecule has 0 unspecified atom stereocenters. The summed E-state index contributed by atoms with van der Waals surface area (Å²) in [6, 6.07) is 29.8. The zero-order valence-corrected chi connectivity index (χ0v) is 21.8. The molecule has 0 aliphatic carbocycles. The average molecular weight is 525 g/mol. The Hall–Kier alpha value is -4.65. The maximum atomic E-state index is 13.7. The fourth-order valence-corrected chi connectivity index (χ4v) is 4.62. The van der Waals surface area contributed by atoms with E-state index in [9.17, 15) is 14.0 Å². The third-order valence-electron chi connectivity index (χ3n) is 6.72. The van der Waals surface area contributed by atoms with Crippen molar-refractivity contribution in [2.24, 2.45) is 0 Å². The summed E-state index contributed by atoms with van der Waals surface area (Å²) < 4.78 is 25.2. The highest BCUT2D eigenvalue weighted by atomic mass is 19.1. The van der Waals surface area contributed by atoms with E-state index in [1.165, 1.54) is 29.2 Å². The molecule has 1 saturated heterocycles. The van der Waals surface area contributed by atoms with Gasteiger partial charge < -0.3 is 14.4 Å². The lowest BCUT2D eigenvalue weighted by atomic mass is 9.98. The molecule has 2 atom stereocenters. The van der Waals surface area contributed by atoms with E-state index in [1.54, 1.807) is 11.9 Å². The molecule has 198 valence electrons. The van der Waals surface area contributed by atoms with Crippen LogP contribution in [0.1, 0.15) is 28.3 Å². The van der Waals surface area contributed by atoms with E-state index >= 15 is 0 Å². The predicted molar refractivity (Wildman–Crippen MR) is 147 cm³/mol. The number of benzene rings is 4. The average Bonchev–Trinajstić information content (AvgIpc) is 3.30. The molecule has 1 fully saturated rings. The monoisotopic (exact) mass is 524 g/mol. The molecule has 5 rings (SSSR count). The number of carbonyl (C=O) groups is 2. The second-order valence-corrected chi connectivity index (χ2v) is 9.62. The van der Waals surface area contributed by atoms with Gasteiger partial charge in [0.1, 0.15) is 24.2 Å². The highest BCUT2D eigenvalue weighted by Gasteiger charge is 2.48. The third-order valence-corrected chi connectivity index (χ3v) is 6.72. The first-order valence-corrected chi connectivity index (χ1v) is 12.7. The summed E-state index contributed by atoms with van der Waals surface area (Å²) in [4.78, 5) is 29.7. The molecule has 1 heterocycles. The second-order valence-electron chi connectivity index (χ2n) is 9.62. The van der Waals surface area contributed by atoms with Crippen LogP contribution >= 0.6 is 0 Å². The van der Waals surface area contributed by atoms with E-state index in [4.69, 9.17) is 9.47 Å². The summed E-state index contributed by atoms with van der Waals surface area (Å²) in [6.07, 6.45) is -1.76. The first kappa shape index (κ1) is 26.0. The van der Waals surface area contributed by atoms with Gasteiger partial charge in [0.2, 0.25) is 6.10 Å². The van der Waals surface area contributed by atoms with E-state index in [2.05, 4.69) is 0 Å². The van der Waals surface area contributed by atoms with Crippen LogP contribution in [0.25, 0.3) is 0 Å². The SMILES string of the molecule is Cc1ccc(CN(C)C(=O)[C@H]2OC(=O)N(c3ccc(F)cc3)[C@@H]2c2ccc(OCc3ccccc3)cc2)cc1. The molecule has 0 bridgehead atoms. The fourth-order valence-electron chi connectivity index (χ4n) is 4.62. The molecule has 0 radical (unpaired) electrons. The number of cyclic esters (lactones) is 1. The number of aryl methyl sites for hydroxylation is 1. The number of rotatable bonds is 8. The highest BCUT2D eigenvalue weighted by Crippen LogP contribution is 2.39. The van der Waals surface area contributed by atoms with Crippen LogP contribution in [0.5, 0.6) is 5.75 Å². The van der Waals surface area contributed by atoms with Crippen molar-refractivity contribution >= 4 is 17.7 Å². The number of hydrogen-bond acceptors (Lipinski definition) is 4. The van der Waals surface area contributed by atoms with E-state index in [0.717, 1.165) is 16.7 Å². The van der Waals surface area contributed by atoms with Crippen LogP contribution < -0.4 is 9.64 Å². The fraction of sp³-hybridized carbons (Fsp3) is 0.188. The Balaban J connectivity index is 1.41. The van der Waals surface area contributed by atoms with Gasteiger partial charge in [-0.05, 0) is 60.0 Å². The summed E-state index contributed by atoms with van der Waals surface area (Å²) in [5.74, 6) is -0.100. The molecule has 0 aromatic heterocycles. The Kier molecular flexibility index (Phi) is 7.59. The lowest BCUT2D eigenvalue weighted by molar-refractivity contribution is -0.138. The maximum absolute atomic E-state index is 13.7. The zero-order valence-electron chi connectivity index (χ0n) is 21.8. The third kappa shape index (κ3) is 5.93. The Bertz CT molecular complexity index is 1420. The number of ether oxygens (including phenoxy) is 2. The van der Waals surface area contributed by atoms with Gasteiger partial charge in [0.25, 0.3) is 5.91 Å². The van der Waals surface area contributed by atoms with Crippen molar-refractivity contribution < 1.29 is 23.5 Å². The summed E-state index contributed by atoms with van der Waals surface area (Å²) in [5, 5.41) is 0. The number of anilines is 1. The highest BCUT2D eigenvalue weighted by molar-refractivity contribution is 5.97. The largest absolute Gasteiger partial charge is 0.489 e. The number of amides is 2. The summed E-state index contributed by atoms with van der Waals surface area (Å²) >= 11 is 0. The van der Waals surface area contributed by atoms with Crippen molar-refractivity contribution in [1.29, 1.82) is 0 Å². The molecule has 39 heavy (non-hydrogen) atoms. The zero-order chi connectivity index (χ0) is 27.4. The Morgan fingerprint density at radius 1 is 0.897 bits per heavy atom. The maximum Gasteiger partial charge on any atom is 0.415 e. The molecule has 4 aromatic carbocycles. The molecule has 4 aromatic rings. The van der Waals surface area contributed by atoms with Crippen molar-refractivity contribution in [3.63, 3.8) is 0 Å². The summed E-state index contributed by atoms with van der Waals surface area (Å²) in [7, 11) is 1.69. The van der Waals surface area contributed by atoms with Gasteiger partial charge in [-0.2, -0.15) is 0 Å². The topological polar surface area (TPSA) is 59.1 Å². The van der Waals surface area contributed by atoms with Crippen LogP contribution in [0.4, 0.5) is 14.9 Å². The van der Waals surface area contributed by atoms with Gasteiger partial charge in [0, 0.05) is 19.3 Å². The molecular formula is C32H29FN2O4. The molecule has 1 aliphatic heterocycles. The van der Waals surface area contributed by atoms with E-state index < -0.39 is 24.1 Å². The van der Waals surface area contributed by atoms with Gasteiger partial charge in [0.05, 0.1) is 0 Å². The van der Waals surface area contributed by atoms with Gasteiger partial charge in [-0.1, -0.05) is 72.3 Å². The van der Waals surface area contributed by atoms with Crippen molar-refractivity contribution in [3.8, 4) is 5.75 Å². The van der Waals surface area contributed by atoms with Crippen molar-refractivity contribution in [2.45, 2.75) is 32.2 Å². The first-order valence-electron chi connectivity index (χ1n) is 12.7. The van der Waals surface area contributed by atoms with Gasteiger partial charge in [-0.25, -0.2) is 9.18 Å². The summed E-state index contributed by atoms with van der Waals surface area (Å²) in [6.45, 7) is 2.78. The van der Waals surface area contributed by atoms with Crippen molar-refractivity contribution in [3.05, 3.63) is 131 Å². The van der Waals surface area contributed by atoms with Crippen molar-refractivity contribution in [2.75, 3.05) is 11.9 Å².